The predicted molar refractivity (Wildman–Crippen MR) is 85.4 cm³/mol. The van der Waals surface area contributed by atoms with Gasteiger partial charge >= 0.3 is 0 Å². The normalized spacial score (nSPS) is 11.2. The van der Waals surface area contributed by atoms with Crippen molar-refractivity contribution in [3.8, 4) is 0 Å². The second-order valence-corrected chi connectivity index (χ2v) is 5.87. The summed E-state index contributed by atoms with van der Waals surface area (Å²) >= 11 is 3.51. The molecule has 0 aliphatic rings. The molecule has 0 bridgehead atoms. The van der Waals surface area contributed by atoms with Gasteiger partial charge in [-0.3, -0.25) is 4.90 Å². The second-order valence-electron chi connectivity index (χ2n) is 4.95. The molecule has 3 nitrogen and oxygen atoms in total. The van der Waals surface area contributed by atoms with Crippen molar-refractivity contribution in [3.63, 3.8) is 0 Å². The number of nitrogens with one attached hydrogen (secondary N) is 1. The SMILES string of the molecule is CCNCc1occc1CN(C)Cc1cccc(Br)c1. The van der Waals surface area contributed by atoms with Gasteiger partial charge in [-0.15, -0.1) is 0 Å². The van der Waals surface area contributed by atoms with Crippen LogP contribution < -0.4 is 5.32 Å². The largest absolute Gasteiger partial charge is 0.468 e. The molecule has 1 N–H and O–H groups in total. The van der Waals surface area contributed by atoms with Crippen LogP contribution in [0.15, 0.2) is 45.5 Å². The van der Waals surface area contributed by atoms with E-state index < -0.39 is 0 Å². The van der Waals surface area contributed by atoms with E-state index in [0.717, 1.165) is 36.4 Å². The number of hydrogen-bond acceptors (Lipinski definition) is 3. The molecule has 0 atom stereocenters. The van der Waals surface area contributed by atoms with E-state index in [2.05, 4.69) is 64.4 Å². The van der Waals surface area contributed by atoms with Crippen LogP contribution in [-0.4, -0.2) is 18.5 Å². The summed E-state index contributed by atoms with van der Waals surface area (Å²) in [6, 6.07) is 10.5. The first kappa shape index (κ1) is 15.3. The lowest BCUT2D eigenvalue weighted by Gasteiger charge is -2.17. The molecule has 2 aromatic rings. The maximum absolute atomic E-state index is 5.54. The van der Waals surface area contributed by atoms with Crippen LogP contribution in [-0.2, 0) is 19.6 Å². The van der Waals surface area contributed by atoms with Crippen LogP contribution in [0.3, 0.4) is 0 Å². The monoisotopic (exact) mass is 336 g/mol. The average Bonchev–Trinajstić information content (AvgIpc) is 2.83. The molecule has 1 aromatic heterocycles. The highest BCUT2D eigenvalue weighted by molar-refractivity contribution is 9.10. The number of halogens is 1. The molecular weight excluding hydrogens is 316 g/mol. The van der Waals surface area contributed by atoms with Gasteiger partial charge in [0.1, 0.15) is 5.76 Å². The van der Waals surface area contributed by atoms with Crippen molar-refractivity contribution in [1.29, 1.82) is 0 Å². The third-order valence-electron chi connectivity index (χ3n) is 3.16. The van der Waals surface area contributed by atoms with Gasteiger partial charge in [0.2, 0.25) is 0 Å². The van der Waals surface area contributed by atoms with Crippen molar-refractivity contribution in [2.24, 2.45) is 0 Å². The van der Waals surface area contributed by atoms with Gasteiger partial charge in [-0.2, -0.15) is 0 Å². The van der Waals surface area contributed by atoms with Crippen LogP contribution >= 0.6 is 15.9 Å². The van der Waals surface area contributed by atoms with Gasteiger partial charge in [-0.25, -0.2) is 0 Å². The van der Waals surface area contributed by atoms with Crippen LogP contribution in [0.5, 0.6) is 0 Å². The highest BCUT2D eigenvalue weighted by Gasteiger charge is 2.09. The molecule has 20 heavy (non-hydrogen) atoms. The molecule has 4 heteroatoms. The molecule has 0 amide bonds. The van der Waals surface area contributed by atoms with Crippen LogP contribution in [0.4, 0.5) is 0 Å². The highest BCUT2D eigenvalue weighted by Crippen LogP contribution is 2.16. The third-order valence-corrected chi connectivity index (χ3v) is 3.65. The Morgan fingerprint density at radius 1 is 1.25 bits per heavy atom. The fourth-order valence-electron chi connectivity index (χ4n) is 2.20. The van der Waals surface area contributed by atoms with Gasteiger partial charge in [0.25, 0.3) is 0 Å². The molecular formula is C16H21BrN2O. The Kier molecular flexibility index (Phi) is 5.83. The number of furan rings is 1. The lowest BCUT2D eigenvalue weighted by Crippen LogP contribution is -2.19. The van der Waals surface area contributed by atoms with Gasteiger partial charge in [-0.1, -0.05) is 35.0 Å². The Balaban J connectivity index is 1.94. The lowest BCUT2D eigenvalue weighted by molar-refractivity contribution is 0.314. The predicted octanol–water partition coefficient (Wildman–Crippen LogP) is 3.78. The molecule has 1 heterocycles. The van der Waals surface area contributed by atoms with Gasteiger partial charge in [0, 0.05) is 23.1 Å². The molecule has 0 aliphatic carbocycles. The summed E-state index contributed by atoms with van der Waals surface area (Å²) in [7, 11) is 2.13. The molecule has 0 saturated heterocycles. The van der Waals surface area contributed by atoms with E-state index in [4.69, 9.17) is 4.42 Å². The van der Waals surface area contributed by atoms with Crippen LogP contribution in [0, 0.1) is 0 Å². The van der Waals surface area contributed by atoms with Crippen molar-refractivity contribution in [2.45, 2.75) is 26.6 Å². The summed E-state index contributed by atoms with van der Waals surface area (Å²) in [6.07, 6.45) is 1.77. The molecule has 0 radical (unpaired) electrons. The summed E-state index contributed by atoms with van der Waals surface area (Å²) in [6.45, 7) is 5.66. The fraction of sp³-hybridized carbons (Fsp3) is 0.375. The molecule has 0 fully saturated rings. The summed E-state index contributed by atoms with van der Waals surface area (Å²) < 4.78 is 6.66. The maximum atomic E-state index is 5.54. The molecule has 108 valence electrons. The Bertz CT molecular complexity index is 539. The first-order chi connectivity index (χ1) is 9.69. The van der Waals surface area contributed by atoms with E-state index >= 15 is 0 Å². The van der Waals surface area contributed by atoms with Crippen molar-refractivity contribution < 1.29 is 4.42 Å². The minimum atomic E-state index is 0.795. The lowest BCUT2D eigenvalue weighted by atomic mass is 10.2. The maximum Gasteiger partial charge on any atom is 0.122 e. The number of benzene rings is 1. The minimum absolute atomic E-state index is 0.795. The number of hydrogen-bond donors (Lipinski definition) is 1. The Morgan fingerprint density at radius 3 is 2.85 bits per heavy atom. The molecule has 0 saturated carbocycles. The Hall–Kier alpha value is -1.10. The average molecular weight is 337 g/mol. The van der Waals surface area contributed by atoms with Crippen molar-refractivity contribution in [2.75, 3.05) is 13.6 Å². The van der Waals surface area contributed by atoms with Gasteiger partial charge < -0.3 is 9.73 Å². The Labute approximate surface area is 129 Å². The molecule has 0 aliphatic heterocycles. The zero-order valence-electron chi connectivity index (χ0n) is 12.0. The first-order valence-electron chi connectivity index (χ1n) is 6.88. The van der Waals surface area contributed by atoms with Crippen molar-refractivity contribution in [1.82, 2.24) is 10.2 Å². The van der Waals surface area contributed by atoms with Crippen LogP contribution in [0.1, 0.15) is 23.8 Å². The highest BCUT2D eigenvalue weighted by atomic mass is 79.9. The summed E-state index contributed by atoms with van der Waals surface area (Å²) in [5.74, 6) is 1.04. The summed E-state index contributed by atoms with van der Waals surface area (Å²) in [4.78, 5) is 2.29. The van der Waals surface area contributed by atoms with Crippen molar-refractivity contribution in [3.05, 3.63) is 58.0 Å². The van der Waals surface area contributed by atoms with E-state index in [0.29, 0.717) is 0 Å². The van der Waals surface area contributed by atoms with Gasteiger partial charge in [0.05, 0.1) is 12.8 Å². The number of rotatable bonds is 7. The fourth-order valence-corrected chi connectivity index (χ4v) is 2.64. The molecule has 0 spiro atoms. The van der Waals surface area contributed by atoms with Crippen molar-refractivity contribution >= 4 is 15.9 Å². The minimum Gasteiger partial charge on any atom is -0.468 e. The zero-order valence-corrected chi connectivity index (χ0v) is 13.6. The number of nitrogens with zero attached hydrogens (tertiary/aromatic N) is 1. The van der Waals surface area contributed by atoms with E-state index in [1.807, 2.05) is 6.07 Å². The summed E-state index contributed by atoms with van der Waals surface area (Å²) in [5.41, 5.74) is 2.56. The summed E-state index contributed by atoms with van der Waals surface area (Å²) in [5, 5.41) is 3.30. The Morgan fingerprint density at radius 2 is 2.10 bits per heavy atom. The third kappa shape index (κ3) is 4.47. The van der Waals surface area contributed by atoms with Crippen LogP contribution in [0.25, 0.3) is 0 Å². The smallest absolute Gasteiger partial charge is 0.122 e. The second kappa shape index (κ2) is 7.62. The zero-order chi connectivity index (χ0) is 14.4. The van der Waals surface area contributed by atoms with Crippen LogP contribution in [0.2, 0.25) is 0 Å². The first-order valence-corrected chi connectivity index (χ1v) is 7.67. The molecule has 1 aromatic carbocycles. The van der Waals surface area contributed by atoms with E-state index in [-0.39, 0.29) is 0 Å². The standard InChI is InChI=1S/C16H21BrN2O/c1-3-18-10-16-14(7-8-20-16)12-19(2)11-13-5-4-6-15(17)9-13/h4-9,18H,3,10-12H2,1-2H3. The molecule has 2 rings (SSSR count). The van der Waals surface area contributed by atoms with Gasteiger partial charge in [-0.05, 0) is 37.4 Å². The quantitative estimate of drug-likeness (QED) is 0.833. The van der Waals surface area contributed by atoms with Gasteiger partial charge in [0.15, 0.2) is 0 Å². The van der Waals surface area contributed by atoms with E-state index in [1.165, 1.54) is 11.1 Å². The molecule has 0 unspecified atom stereocenters. The topological polar surface area (TPSA) is 28.4 Å². The van der Waals surface area contributed by atoms with E-state index in [9.17, 15) is 0 Å². The van der Waals surface area contributed by atoms with E-state index in [1.54, 1.807) is 6.26 Å².